The molecule has 2 atom stereocenters. The van der Waals surface area contributed by atoms with Crippen LogP contribution in [0, 0.1) is 0 Å². The molecule has 0 amide bonds. The number of hydrogen-bond acceptors (Lipinski definition) is 8. The van der Waals surface area contributed by atoms with Crippen LogP contribution in [0.5, 0.6) is 0 Å². The van der Waals surface area contributed by atoms with Crippen LogP contribution < -0.4 is 5.73 Å². The van der Waals surface area contributed by atoms with Crippen LogP contribution in [0.1, 0.15) is 6.23 Å². The monoisotopic (exact) mass is 265 g/mol. The minimum atomic E-state index is -1.00. The van der Waals surface area contributed by atoms with Gasteiger partial charge in [-0.25, -0.2) is 15.0 Å². The summed E-state index contributed by atoms with van der Waals surface area (Å²) in [4.78, 5) is 11.8. The molecule has 0 unspecified atom stereocenters. The number of anilines is 1. The van der Waals surface area contributed by atoms with Gasteiger partial charge in [-0.2, -0.15) is 0 Å². The molecule has 0 bridgehead atoms. The Kier molecular flexibility index (Phi) is 2.50. The van der Waals surface area contributed by atoms with Crippen LogP contribution in [0.3, 0.4) is 0 Å². The van der Waals surface area contributed by atoms with E-state index >= 15 is 0 Å². The van der Waals surface area contributed by atoms with Crippen LogP contribution in [0.15, 0.2) is 24.2 Å². The predicted octanol–water partition coefficient (Wildman–Crippen LogP) is -0.374. The summed E-state index contributed by atoms with van der Waals surface area (Å²) < 4.78 is 6.72. The first-order chi connectivity index (χ1) is 9.13. The third-order valence-corrected chi connectivity index (χ3v) is 2.90. The zero-order valence-corrected chi connectivity index (χ0v) is 9.63. The molecular weight excluding hydrogens is 254 g/mol. The lowest BCUT2D eigenvalue weighted by atomic mass is 10.3. The van der Waals surface area contributed by atoms with Gasteiger partial charge in [-0.15, -0.1) is 0 Å². The van der Waals surface area contributed by atoms with Gasteiger partial charge in [0.2, 0.25) is 0 Å². The largest absolute Gasteiger partial charge is 0.506 e. The maximum Gasteiger partial charge on any atom is 0.199 e. The van der Waals surface area contributed by atoms with Gasteiger partial charge in [0, 0.05) is 0 Å². The number of ether oxygens (including phenoxy) is 1. The number of aromatic nitrogens is 4. The number of nitrogens with two attached hydrogens (primary N) is 1. The normalized spacial score (nSPS) is 23.4. The van der Waals surface area contributed by atoms with Crippen molar-refractivity contribution in [1.29, 1.82) is 0 Å². The van der Waals surface area contributed by atoms with E-state index in [0.29, 0.717) is 11.2 Å². The van der Waals surface area contributed by atoms with Crippen LogP contribution in [-0.2, 0) is 4.74 Å². The molecule has 0 saturated carbocycles. The highest BCUT2D eigenvalue weighted by molar-refractivity contribution is 5.81. The zero-order valence-electron chi connectivity index (χ0n) is 9.63. The smallest absolute Gasteiger partial charge is 0.199 e. The summed E-state index contributed by atoms with van der Waals surface area (Å²) in [6.45, 7) is -0.448. The maximum absolute atomic E-state index is 9.83. The van der Waals surface area contributed by atoms with Crippen molar-refractivity contribution in [2.24, 2.45) is 0 Å². The first kappa shape index (κ1) is 11.7. The van der Waals surface area contributed by atoms with E-state index in [0.717, 1.165) is 0 Å². The van der Waals surface area contributed by atoms with E-state index in [1.807, 2.05) is 0 Å². The van der Waals surface area contributed by atoms with Gasteiger partial charge in [0.15, 0.2) is 29.2 Å². The molecule has 1 aliphatic heterocycles. The SMILES string of the molecule is Nc1ncnc2c1ncn2[C@@H]1O[C@H](CO)C(O)=C1O. The quantitative estimate of drug-likeness (QED) is 0.576. The molecule has 0 aromatic carbocycles. The molecule has 5 N–H and O–H groups in total. The van der Waals surface area contributed by atoms with E-state index < -0.39 is 30.5 Å². The Balaban J connectivity index is 2.10. The molecule has 3 rings (SSSR count). The molecule has 100 valence electrons. The molecule has 19 heavy (non-hydrogen) atoms. The van der Waals surface area contributed by atoms with Gasteiger partial charge in [0.05, 0.1) is 12.9 Å². The molecule has 0 spiro atoms. The Morgan fingerprint density at radius 1 is 1.26 bits per heavy atom. The third kappa shape index (κ3) is 1.59. The third-order valence-electron chi connectivity index (χ3n) is 2.90. The maximum atomic E-state index is 9.83. The Morgan fingerprint density at radius 2 is 2.05 bits per heavy atom. The first-order valence-electron chi connectivity index (χ1n) is 5.44. The average Bonchev–Trinajstić information content (AvgIpc) is 2.94. The predicted molar refractivity (Wildman–Crippen MR) is 63.0 cm³/mol. The zero-order chi connectivity index (χ0) is 13.6. The number of hydrogen-bond donors (Lipinski definition) is 4. The van der Waals surface area contributed by atoms with Gasteiger partial charge in [-0.05, 0) is 0 Å². The first-order valence-corrected chi connectivity index (χ1v) is 5.44. The number of nitrogen functional groups attached to an aromatic ring is 1. The fraction of sp³-hybridized carbons (Fsp3) is 0.300. The molecule has 2 aromatic rings. The Hall–Kier alpha value is -2.39. The topological polar surface area (TPSA) is 140 Å². The van der Waals surface area contributed by atoms with E-state index in [9.17, 15) is 10.2 Å². The number of nitrogens with zero attached hydrogens (tertiary/aromatic N) is 4. The number of rotatable bonds is 2. The van der Waals surface area contributed by atoms with E-state index in [1.54, 1.807) is 0 Å². The van der Waals surface area contributed by atoms with Gasteiger partial charge in [-0.3, -0.25) is 4.57 Å². The molecule has 2 aromatic heterocycles. The summed E-state index contributed by atoms with van der Waals surface area (Å²) in [7, 11) is 0. The Bertz CT molecular complexity index is 667. The van der Waals surface area contributed by atoms with Gasteiger partial charge in [0.25, 0.3) is 0 Å². The van der Waals surface area contributed by atoms with E-state index in [2.05, 4.69) is 15.0 Å². The van der Waals surface area contributed by atoms with Crippen LogP contribution >= 0.6 is 0 Å². The lowest BCUT2D eigenvalue weighted by Gasteiger charge is -2.14. The lowest BCUT2D eigenvalue weighted by Crippen LogP contribution is -2.18. The number of aliphatic hydroxyl groups is 3. The lowest BCUT2D eigenvalue weighted by molar-refractivity contribution is -0.0331. The second-order valence-electron chi connectivity index (χ2n) is 4.01. The highest BCUT2D eigenvalue weighted by atomic mass is 16.6. The molecule has 0 aliphatic carbocycles. The summed E-state index contributed by atoms with van der Waals surface area (Å²) in [5, 5.41) is 28.5. The van der Waals surface area contributed by atoms with Crippen molar-refractivity contribution in [3.8, 4) is 0 Å². The van der Waals surface area contributed by atoms with Gasteiger partial charge < -0.3 is 25.8 Å². The van der Waals surface area contributed by atoms with E-state index in [1.165, 1.54) is 17.2 Å². The second kappa shape index (κ2) is 4.07. The summed E-state index contributed by atoms with van der Waals surface area (Å²) in [5.74, 6) is -0.597. The molecule has 9 nitrogen and oxygen atoms in total. The molecule has 0 radical (unpaired) electrons. The molecule has 0 saturated heterocycles. The molecule has 0 fully saturated rings. The van der Waals surface area contributed by atoms with Crippen molar-refractivity contribution < 1.29 is 20.1 Å². The minimum Gasteiger partial charge on any atom is -0.506 e. The standard InChI is InChI=1S/C10H11N5O4/c11-8-5-9(13-2-12-8)15(3-14-5)10-7(18)6(17)4(1-16)19-10/h2-4,10,16-18H,1H2,(H2,11,12,13)/t4-,10-/m1/s1. The number of fused-ring (bicyclic) bond motifs is 1. The van der Waals surface area contributed by atoms with Crippen molar-refractivity contribution in [3.63, 3.8) is 0 Å². The van der Waals surface area contributed by atoms with Gasteiger partial charge in [0.1, 0.15) is 17.9 Å². The van der Waals surface area contributed by atoms with Gasteiger partial charge in [-0.1, -0.05) is 0 Å². The number of aliphatic hydroxyl groups excluding tert-OH is 3. The molecule has 1 aliphatic rings. The highest BCUT2D eigenvalue weighted by Crippen LogP contribution is 2.33. The van der Waals surface area contributed by atoms with Crippen molar-refractivity contribution in [3.05, 3.63) is 24.2 Å². The summed E-state index contributed by atoms with van der Waals surface area (Å²) in [6, 6.07) is 0. The van der Waals surface area contributed by atoms with Crippen molar-refractivity contribution in [2.45, 2.75) is 12.3 Å². The van der Waals surface area contributed by atoms with E-state index in [4.69, 9.17) is 15.6 Å². The Morgan fingerprint density at radius 3 is 2.74 bits per heavy atom. The summed E-state index contributed by atoms with van der Waals surface area (Å²) in [5.41, 5.74) is 6.38. The van der Waals surface area contributed by atoms with Gasteiger partial charge >= 0.3 is 0 Å². The summed E-state index contributed by atoms with van der Waals surface area (Å²) in [6.07, 6.45) is 0.650. The fourth-order valence-corrected chi connectivity index (χ4v) is 1.94. The van der Waals surface area contributed by atoms with Crippen LogP contribution in [0.4, 0.5) is 5.82 Å². The van der Waals surface area contributed by atoms with E-state index in [-0.39, 0.29) is 5.82 Å². The van der Waals surface area contributed by atoms with Crippen molar-refractivity contribution in [2.75, 3.05) is 12.3 Å². The van der Waals surface area contributed by atoms with Crippen LogP contribution in [-0.4, -0.2) is 47.5 Å². The number of imidazole rings is 1. The molecular formula is C10H11N5O4. The minimum absolute atomic E-state index is 0.202. The highest BCUT2D eigenvalue weighted by Gasteiger charge is 2.36. The Labute approximate surface area is 106 Å². The van der Waals surface area contributed by atoms with Crippen molar-refractivity contribution in [1.82, 2.24) is 19.5 Å². The molecule has 9 heteroatoms. The van der Waals surface area contributed by atoms with Crippen LogP contribution in [0.2, 0.25) is 0 Å². The van der Waals surface area contributed by atoms with Crippen molar-refractivity contribution >= 4 is 17.0 Å². The average molecular weight is 265 g/mol. The second-order valence-corrected chi connectivity index (χ2v) is 4.01. The molecule has 3 heterocycles. The van der Waals surface area contributed by atoms with Crippen LogP contribution in [0.25, 0.3) is 11.2 Å². The fourth-order valence-electron chi connectivity index (χ4n) is 1.94. The summed E-state index contributed by atoms with van der Waals surface area (Å²) >= 11 is 0.